The monoisotopic (exact) mass is 507 g/mol. The molecular weight excluding hydrogens is 470 g/mol. The lowest BCUT2D eigenvalue weighted by molar-refractivity contribution is -0.116. The van der Waals surface area contributed by atoms with Crippen molar-refractivity contribution in [1.82, 2.24) is 14.7 Å². The van der Waals surface area contributed by atoms with E-state index < -0.39 is 0 Å². The van der Waals surface area contributed by atoms with Gasteiger partial charge in [-0.05, 0) is 56.0 Å². The first-order chi connectivity index (χ1) is 17.1. The lowest BCUT2D eigenvalue weighted by atomic mass is 9.92. The maximum atomic E-state index is 13.1. The number of aryl methyl sites for hydroxylation is 1. The van der Waals surface area contributed by atoms with Gasteiger partial charge >= 0.3 is 6.03 Å². The molecule has 7 nitrogen and oxygen atoms in total. The summed E-state index contributed by atoms with van der Waals surface area (Å²) in [7, 11) is 0. The molecule has 0 saturated carbocycles. The maximum absolute atomic E-state index is 13.1. The van der Waals surface area contributed by atoms with Gasteiger partial charge in [-0.15, -0.1) is 11.8 Å². The largest absolute Gasteiger partial charge is 0.322 e. The highest BCUT2D eigenvalue weighted by Crippen LogP contribution is 2.26. The van der Waals surface area contributed by atoms with Crippen molar-refractivity contribution in [3.05, 3.63) is 65.9 Å². The fourth-order valence-corrected chi connectivity index (χ4v) is 3.96. The van der Waals surface area contributed by atoms with Crippen LogP contribution in [0, 0.1) is 6.92 Å². The third-order valence-electron chi connectivity index (χ3n) is 5.77. The molecule has 2 N–H and O–H groups in total. The van der Waals surface area contributed by atoms with Crippen LogP contribution in [0.25, 0.3) is 5.69 Å². The summed E-state index contributed by atoms with van der Waals surface area (Å²) in [6.45, 7) is 10.8. The average molecular weight is 508 g/mol. The third kappa shape index (κ3) is 7.37. The fraction of sp³-hybridized carbons (Fsp3) is 0.393. The molecule has 0 aliphatic heterocycles. The molecule has 0 unspecified atom stereocenters. The highest BCUT2D eigenvalue weighted by atomic mass is 32.2. The van der Waals surface area contributed by atoms with Gasteiger partial charge in [-0.25, -0.2) is 9.48 Å². The van der Waals surface area contributed by atoms with Crippen LogP contribution in [0.2, 0.25) is 0 Å². The molecule has 0 saturated heterocycles. The van der Waals surface area contributed by atoms with Gasteiger partial charge in [0.2, 0.25) is 5.91 Å². The van der Waals surface area contributed by atoms with Gasteiger partial charge in [0.05, 0.1) is 11.4 Å². The number of carbonyl (C=O) groups is 2. The summed E-state index contributed by atoms with van der Waals surface area (Å²) in [5.41, 5.74) is 3.39. The summed E-state index contributed by atoms with van der Waals surface area (Å²) in [6.07, 6.45) is 3.73. The van der Waals surface area contributed by atoms with Crippen LogP contribution in [0.15, 0.2) is 59.5 Å². The molecule has 192 valence electrons. The number of benzene rings is 2. The summed E-state index contributed by atoms with van der Waals surface area (Å²) in [5.74, 6) is 0.310. The summed E-state index contributed by atoms with van der Waals surface area (Å²) < 4.78 is 1.75. The van der Waals surface area contributed by atoms with Gasteiger partial charge in [-0.3, -0.25) is 4.79 Å². The smallest absolute Gasteiger partial charge is 0.315 e. The van der Waals surface area contributed by atoms with Crippen LogP contribution in [0.5, 0.6) is 0 Å². The predicted molar refractivity (Wildman–Crippen MR) is 149 cm³/mol. The Morgan fingerprint density at radius 3 is 2.28 bits per heavy atom. The molecule has 0 aliphatic rings. The molecule has 1 heterocycles. The summed E-state index contributed by atoms with van der Waals surface area (Å²) in [6, 6.07) is 17.3. The van der Waals surface area contributed by atoms with Crippen LogP contribution in [0.4, 0.5) is 16.3 Å². The number of aromatic nitrogens is 2. The van der Waals surface area contributed by atoms with E-state index in [0.717, 1.165) is 34.7 Å². The van der Waals surface area contributed by atoms with Gasteiger partial charge in [-0.1, -0.05) is 51.8 Å². The third-order valence-corrected chi connectivity index (χ3v) is 6.51. The minimum absolute atomic E-state index is 0.0569. The van der Waals surface area contributed by atoms with E-state index in [1.54, 1.807) is 21.3 Å². The van der Waals surface area contributed by atoms with Crippen LogP contribution in [-0.4, -0.2) is 46.0 Å². The minimum atomic E-state index is -0.294. The Bertz CT molecular complexity index is 1160. The number of nitrogens with zero attached hydrogens (tertiary/aromatic N) is 3. The number of thioether (sulfide) groups is 1. The Morgan fingerprint density at radius 1 is 1.03 bits per heavy atom. The molecule has 2 aromatic carbocycles. The van der Waals surface area contributed by atoms with Gasteiger partial charge < -0.3 is 15.5 Å². The Balaban J connectivity index is 1.78. The summed E-state index contributed by atoms with van der Waals surface area (Å²) in [4.78, 5) is 28.8. The van der Waals surface area contributed by atoms with Crippen molar-refractivity contribution in [1.29, 1.82) is 0 Å². The summed E-state index contributed by atoms with van der Waals surface area (Å²) in [5, 5.41) is 10.7. The van der Waals surface area contributed by atoms with Crippen molar-refractivity contribution >= 4 is 35.2 Å². The second-order valence-electron chi connectivity index (χ2n) is 9.89. The van der Waals surface area contributed by atoms with Gasteiger partial charge in [0.15, 0.2) is 0 Å². The second kappa shape index (κ2) is 12.1. The van der Waals surface area contributed by atoms with Gasteiger partial charge in [0.1, 0.15) is 12.4 Å². The number of unbranched alkanes of at least 4 members (excludes halogenated alkanes) is 1. The number of urea groups is 1. The highest BCUT2D eigenvalue weighted by Gasteiger charge is 2.23. The quantitative estimate of drug-likeness (QED) is 0.325. The topological polar surface area (TPSA) is 79.3 Å². The molecule has 1 aromatic heterocycles. The van der Waals surface area contributed by atoms with Crippen molar-refractivity contribution < 1.29 is 9.59 Å². The normalized spacial score (nSPS) is 11.3. The first-order valence-electron chi connectivity index (χ1n) is 12.3. The molecule has 0 atom stereocenters. The fourth-order valence-electron chi connectivity index (χ4n) is 3.55. The van der Waals surface area contributed by atoms with E-state index in [0.29, 0.717) is 18.1 Å². The van der Waals surface area contributed by atoms with E-state index >= 15 is 0 Å². The van der Waals surface area contributed by atoms with Crippen molar-refractivity contribution in [2.24, 2.45) is 0 Å². The Hall–Kier alpha value is -3.26. The maximum Gasteiger partial charge on any atom is 0.322 e. The van der Waals surface area contributed by atoms with Crippen LogP contribution in [0.1, 0.15) is 51.8 Å². The Morgan fingerprint density at radius 2 is 1.69 bits per heavy atom. The van der Waals surface area contributed by atoms with E-state index in [9.17, 15) is 9.59 Å². The van der Waals surface area contributed by atoms with Gasteiger partial charge in [-0.2, -0.15) is 5.10 Å². The zero-order chi connectivity index (χ0) is 26.3. The molecule has 8 heteroatoms. The number of amides is 3. The zero-order valence-corrected chi connectivity index (χ0v) is 22.9. The van der Waals surface area contributed by atoms with E-state index in [-0.39, 0.29) is 23.9 Å². The molecule has 0 spiro atoms. The molecule has 0 aliphatic carbocycles. The summed E-state index contributed by atoms with van der Waals surface area (Å²) >= 11 is 1.64. The van der Waals surface area contributed by atoms with Gasteiger partial charge in [0, 0.05) is 28.6 Å². The van der Waals surface area contributed by atoms with E-state index in [1.807, 2.05) is 67.8 Å². The second-order valence-corrected chi connectivity index (χ2v) is 10.8. The SMILES string of the molecule is CCCCN(CC(=O)Nc1cc(C(C)(C)C)nn1-c1ccc(C)cc1)C(=O)Nc1ccc(SC)cc1. The van der Waals surface area contributed by atoms with Crippen LogP contribution in [0.3, 0.4) is 0 Å². The van der Waals surface area contributed by atoms with Crippen molar-refractivity contribution in [3.8, 4) is 5.69 Å². The molecule has 36 heavy (non-hydrogen) atoms. The van der Waals surface area contributed by atoms with Crippen molar-refractivity contribution in [2.75, 3.05) is 30.0 Å². The number of hydrogen-bond acceptors (Lipinski definition) is 4. The molecular formula is C28H37N5O2S. The zero-order valence-electron chi connectivity index (χ0n) is 22.1. The molecule has 0 fully saturated rings. The Labute approximate surface area is 218 Å². The first-order valence-corrected chi connectivity index (χ1v) is 13.5. The van der Waals surface area contributed by atoms with Crippen LogP contribution >= 0.6 is 11.8 Å². The predicted octanol–water partition coefficient (Wildman–Crippen LogP) is 6.47. The minimum Gasteiger partial charge on any atom is -0.315 e. The molecule has 0 bridgehead atoms. The van der Waals surface area contributed by atoms with Gasteiger partial charge in [0.25, 0.3) is 0 Å². The lowest BCUT2D eigenvalue weighted by Gasteiger charge is -2.22. The van der Waals surface area contributed by atoms with E-state index in [2.05, 4.69) is 38.3 Å². The van der Waals surface area contributed by atoms with Crippen LogP contribution < -0.4 is 10.6 Å². The highest BCUT2D eigenvalue weighted by molar-refractivity contribution is 7.98. The molecule has 3 amide bonds. The number of nitrogens with one attached hydrogen (secondary N) is 2. The van der Waals surface area contributed by atoms with Crippen LogP contribution in [-0.2, 0) is 10.2 Å². The van der Waals surface area contributed by atoms with Crippen molar-refractivity contribution in [2.45, 2.75) is 57.8 Å². The van der Waals surface area contributed by atoms with E-state index in [1.165, 1.54) is 0 Å². The standard InChI is InChI=1S/C28H37N5O2S/c1-7-8-17-32(27(35)29-21-11-15-23(36-6)16-12-21)19-26(34)30-25-18-24(28(3,4)5)31-33(25)22-13-9-20(2)10-14-22/h9-16,18H,7-8,17,19H2,1-6H3,(H,29,35)(H,30,34). The number of hydrogen-bond donors (Lipinski definition) is 2. The Kier molecular flexibility index (Phi) is 9.20. The lowest BCUT2D eigenvalue weighted by Crippen LogP contribution is -2.41. The number of rotatable bonds is 9. The van der Waals surface area contributed by atoms with E-state index in [4.69, 9.17) is 5.10 Å². The molecule has 3 aromatic rings. The number of carbonyl (C=O) groups excluding carboxylic acids is 2. The van der Waals surface area contributed by atoms with Crippen molar-refractivity contribution in [3.63, 3.8) is 0 Å². The molecule has 0 radical (unpaired) electrons. The molecule has 3 rings (SSSR count). The average Bonchev–Trinajstić information content (AvgIpc) is 3.27. The number of anilines is 2. The first kappa shape index (κ1) is 27.3.